The summed E-state index contributed by atoms with van der Waals surface area (Å²) < 4.78 is 13.4. The van der Waals surface area contributed by atoms with Crippen molar-refractivity contribution in [1.29, 1.82) is 0 Å². The standard InChI is InChI=1S/C21H29BrN2O3.C21H27BrN2O2/c1-21(2,3)27-20(26)24-17-7-5-4-6-14(17)10-18(24)19(25)11-13-8-9-15(22)12-16(13)23;1-21(2,3)26-20(25)24-18-7-5-4-6-14(18)11-19(24)17-10-13-8-9-15(22)12-16(13)23-17/h8-9,12,14,17-18H,4-7,10-11,23H2,1-3H3;8-9,12,14,18-19H,4-7,10-11H2,1-3H3/t14-,17-,18-;14-,18-,19-/m00/s1. The van der Waals surface area contributed by atoms with Gasteiger partial charge in [-0.25, -0.2) is 9.59 Å². The average Bonchev–Trinajstić information content (AvgIpc) is 3.78. The van der Waals surface area contributed by atoms with Crippen LogP contribution >= 0.6 is 31.9 Å². The number of carbonyl (C=O) groups excluding carboxylic acids is 3. The number of hydrogen-bond donors (Lipinski definition) is 1. The van der Waals surface area contributed by atoms with E-state index in [4.69, 9.17) is 20.2 Å². The number of anilines is 1. The predicted octanol–water partition coefficient (Wildman–Crippen LogP) is 10.4. The molecule has 6 atom stereocenters. The zero-order valence-corrected chi connectivity index (χ0v) is 35.3. The topological polar surface area (TPSA) is 115 Å². The van der Waals surface area contributed by atoms with Crippen LogP contribution in [0.2, 0.25) is 0 Å². The highest BCUT2D eigenvalue weighted by atomic mass is 79.9. The Hall–Kier alpha value is -2.92. The predicted molar refractivity (Wildman–Crippen MR) is 217 cm³/mol. The first kappa shape index (κ1) is 39.8. The molecule has 0 unspecified atom stereocenters. The number of likely N-dealkylation sites (tertiary alicyclic amines) is 2. The van der Waals surface area contributed by atoms with Gasteiger partial charge in [-0.2, -0.15) is 0 Å². The van der Waals surface area contributed by atoms with Crippen molar-refractivity contribution < 1.29 is 23.9 Å². The second-order valence-electron chi connectivity index (χ2n) is 17.5. The first-order valence-electron chi connectivity index (χ1n) is 19.4. The third kappa shape index (κ3) is 9.49. The Morgan fingerprint density at radius 3 is 1.94 bits per heavy atom. The zero-order chi connectivity index (χ0) is 38.2. The van der Waals surface area contributed by atoms with E-state index in [1.165, 1.54) is 31.2 Å². The monoisotopic (exact) mass is 854 g/mol. The summed E-state index contributed by atoms with van der Waals surface area (Å²) in [6, 6.07) is 11.9. The maximum atomic E-state index is 13.2. The molecule has 2 aromatic rings. The van der Waals surface area contributed by atoms with Crippen LogP contribution in [0.25, 0.3) is 0 Å². The number of halogens is 2. The summed E-state index contributed by atoms with van der Waals surface area (Å²) in [4.78, 5) is 47.8. The van der Waals surface area contributed by atoms with Gasteiger partial charge in [0.25, 0.3) is 0 Å². The fraction of sp³-hybridized carbons (Fsp3) is 0.619. The van der Waals surface area contributed by atoms with Crippen molar-refractivity contribution in [2.24, 2.45) is 16.8 Å². The van der Waals surface area contributed by atoms with E-state index in [0.29, 0.717) is 23.6 Å². The van der Waals surface area contributed by atoms with Gasteiger partial charge >= 0.3 is 12.2 Å². The van der Waals surface area contributed by atoms with E-state index >= 15 is 0 Å². The lowest BCUT2D eigenvalue weighted by Gasteiger charge is -2.35. The molecule has 53 heavy (non-hydrogen) atoms. The molecular formula is C42H56Br2N4O5. The summed E-state index contributed by atoms with van der Waals surface area (Å²) >= 11 is 6.92. The van der Waals surface area contributed by atoms with Crippen molar-refractivity contribution in [1.82, 2.24) is 9.80 Å². The molecule has 0 aromatic heterocycles. The fourth-order valence-corrected chi connectivity index (χ4v) is 9.79. The molecule has 11 heteroatoms. The van der Waals surface area contributed by atoms with Gasteiger partial charge in [0.05, 0.1) is 17.8 Å². The number of nitrogens with two attached hydrogens (primary N) is 1. The summed E-state index contributed by atoms with van der Waals surface area (Å²) in [5.41, 5.74) is 9.84. The Bertz CT molecular complexity index is 1730. The number of amides is 2. The Balaban J connectivity index is 0.000000181. The Morgan fingerprint density at radius 1 is 0.774 bits per heavy atom. The first-order chi connectivity index (χ1) is 25.0. The van der Waals surface area contributed by atoms with Crippen molar-refractivity contribution in [3.63, 3.8) is 0 Å². The van der Waals surface area contributed by atoms with Crippen molar-refractivity contribution in [3.8, 4) is 0 Å². The second kappa shape index (κ2) is 16.0. The van der Waals surface area contributed by atoms with Gasteiger partial charge in [-0.05, 0) is 127 Å². The highest BCUT2D eigenvalue weighted by Crippen LogP contribution is 2.44. The lowest BCUT2D eigenvalue weighted by molar-refractivity contribution is -0.123. The zero-order valence-electron chi connectivity index (χ0n) is 32.1. The number of ketones is 1. The highest BCUT2D eigenvalue weighted by Gasteiger charge is 2.50. The minimum atomic E-state index is -0.576. The van der Waals surface area contributed by atoms with Gasteiger partial charge in [0, 0.05) is 45.3 Å². The van der Waals surface area contributed by atoms with Crippen molar-refractivity contribution in [3.05, 3.63) is 56.5 Å². The molecule has 9 nitrogen and oxygen atoms in total. The number of hydrogen-bond acceptors (Lipinski definition) is 7. The largest absolute Gasteiger partial charge is 0.444 e. The maximum absolute atomic E-state index is 13.2. The molecule has 0 bridgehead atoms. The maximum Gasteiger partial charge on any atom is 0.411 e. The molecule has 2 aliphatic carbocycles. The Morgan fingerprint density at radius 2 is 1.32 bits per heavy atom. The van der Waals surface area contributed by atoms with Crippen LogP contribution in [0.4, 0.5) is 21.0 Å². The molecule has 2 aromatic carbocycles. The molecule has 0 spiro atoms. The van der Waals surface area contributed by atoms with E-state index < -0.39 is 17.2 Å². The van der Waals surface area contributed by atoms with Gasteiger partial charge < -0.3 is 15.2 Å². The number of Topliss-reactive ketones (excluding diaryl/α,β-unsaturated/α-hetero) is 1. The van der Waals surface area contributed by atoms with Crippen LogP contribution in [0.1, 0.15) is 117 Å². The van der Waals surface area contributed by atoms with Gasteiger partial charge in [0.1, 0.15) is 11.2 Å². The second-order valence-corrected chi connectivity index (χ2v) is 19.4. The molecule has 5 aliphatic rings. The number of nitrogens with zero attached hydrogens (tertiary/aromatic N) is 3. The SMILES string of the molecule is CC(C)(C)OC(=O)N1[C@H](C(=O)Cc2ccc(Br)cc2N)C[C@@H]2CCCC[C@@H]21.CC(C)(C)OC(=O)N1[C@H](C2=Nc3cc(Br)ccc3C2)C[C@@H]2CCCC[C@@H]21. The smallest absolute Gasteiger partial charge is 0.411 e. The molecule has 288 valence electrons. The minimum absolute atomic E-state index is 0.0456. The minimum Gasteiger partial charge on any atom is -0.444 e. The fourth-order valence-electron chi connectivity index (χ4n) is 9.06. The summed E-state index contributed by atoms with van der Waals surface area (Å²) in [6.07, 6.45) is 11.4. The summed E-state index contributed by atoms with van der Waals surface area (Å²) in [7, 11) is 0. The van der Waals surface area contributed by atoms with E-state index in [0.717, 1.165) is 70.9 Å². The quantitative estimate of drug-likeness (QED) is 0.306. The van der Waals surface area contributed by atoms with E-state index in [1.807, 2.05) is 64.6 Å². The molecule has 2 saturated carbocycles. The summed E-state index contributed by atoms with van der Waals surface area (Å²) in [5.74, 6) is 1.02. The lowest BCUT2D eigenvalue weighted by Crippen LogP contribution is -2.48. The molecule has 2 N–H and O–H groups in total. The van der Waals surface area contributed by atoms with Gasteiger partial charge in [-0.15, -0.1) is 0 Å². The van der Waals surface area contributed by atoms with Gasteiger partial charge in [0.2, 0.25) is 0 Å². The number of aliphatic imine (C=N–C) groups is 1. The van der Waals surface area contributed by atoms with Crippen molar-refractivity contribution in [2.75, 3.05) is 5.73 Å². The van der Waals surface area contributed by atoms with E-state index in [1.54, 1.807) is 4.90 Å². The van der Waals surface area contributed by atoms with E-state index in [2.05, 4.69) is 50.1 Å². The van der Waals surface area contributed by atoms with Crippen LogP contribution in [-0.4, -0.2) is 68.9 Å². The van der Waals surface area contributed by atoms with Crippen molar-refractivity contribution >= 4 is 66.9 Å². The van der Waals surface area contributed by atoms with Crippen LogP contribution in [0, 0.1) is 11.8 Å². The van der Waals surface area contributed by atoms with Crippen LogP contribution < -0.4 is 5.73 Å². The van der Waals surface area contributed by atoms with E-state index in [9.17, 15) is 14.4 Å². The molecule has 2 saturated heterocycles. The average molecular weight is 857 g/mol. The number of rotatable bonds is 4. The third-order valence-electron chi connectivity index (χ3n) is 11.3. The summed E-state index contributed by atoms with van der Waals surface area (Å²) in [5, 5.41) is 0. The number of carbonyl (C=O) groups is 3. The van der Waals surface area contributed by atoms with Crippen LogP contribution in [-0.2, 0) is 27.1 Å². The normalized spacial score (nSPS) is 26.5. The number of fused-ring (bicyclic) bond motifs is 3. The molecule has 2 amide bonds. The Kier molecular flexibility index (Phi) is 12.0. The molecular weight excluding hydrogens is 800 g/mol. The summed E-state index contributed by atoms with van der Waals surface area (Å²) in [6.45, 7) is 11.4. The van der Waals surface area contributed by atoms with Gasteiger partial charge in [-0.1, -0.05) is 69.7 Å². The van der Waals surface area contributed by atoms with Crippen LogP contribution in [0.3, 0.4) is 0 Å². The number of nitrogen functional groups attached to an aromatic ring is 1. The third-order valence-corrected chi connectivity index (χ3v) is 12.3. The van der Waals surface area contributed by atoms with Gasteiger partial charge in [-0.3, -0.25) is 19.6 Å². The lowest BCUT2D eigenvalue weighted by atomic mass is 9.84. The Labute approximate surface area is 332 Å². The molecule has 0 radical (unpaired) electrons. The van der Waals surface area contributed by atoms with E-state index in [-0.39, 0.29) is 36.5 Å². The molecule has 3 aliphatic heterocycles. The molecule has 4 fully saturated rings. The van der Waals surface area contributed by atoms with Crippen molar-refractivity contribution in [2.45, 2.75) is 154 Å². The molecule has 7 rings (SSSR count). The number of benzene rings is 2. The first-order valence-corrected chi connectivity index (χ1v) is 21.0. The molecule has 3 heterocycles. The highest BCUT2D eigenvalue weighted by molar-refractivity contribution is 9.10. The van der Waals surface area contributed by atoms with Gasteiger partial charge in [0.15, 0.2) is 5.78 Å². The van der Waals surface area contributed by atoms with Crippen LogP contribution in [0.5, 0.6) is 0 Å². The van der Waals surface area contributed by atoms with Crippen LogP contribution in [0.15, 0.2) is 50.3 Å². The number of ether oxygens (including phenoxy) is 2.